The van der Waals surface area contributed by atoms with Crippen molar-refractivity contribution in [2.24, 2.45) is 0 Å². The number of thiocarbonyl (C=S) groups is 1. The maximum absolute atomic E-state index is 11.9. The van der Waals surface area contributed by atoms with Gasteiger partial charge in [0.05, 0.1) is 5.69 Å². The molecule has 0 aliphatic heterocycles. The lowest BCUT2D eigenvalue weighted by atomic mass is 9.98. The predicted molar refractivity (Wildman–Crippen MR) is 107 cm³/mol. The molecule has 4 nitrogen and oxygen atoms in total. The van der Waals surface area contributed by atoms with Crippen molar-refractivity contribution in [3.8, 4) is 5.75 Å². The van der Waals surface area contributed by atoms with Crippen molar-refractivity contribution < 1.29 is 9.90 Å². The van der Waals surface area contributed by atoms with Gasteiger partial charge >= 0.3 is 0 Å². The van der Waals surface area contributed by atoms with Gasteiger partial charge in [0.25, 0.3) is 0 Å². The van der Waals surface area contributed by atoms with Gasteiger partial charge in [0, 0.05) is 6.08 Å². The molecular formula is C20H22N2O2S. The smallest absolute Gasteiger partial charge is 0.250 e. The number of hydrogen-bond donors (Lipinski definition) is 3. The van der Waals surface area contributed by atoms with E-state index in [2.05, 4.69) is 24.5 Å². The number of hydrogen-bond acceptors (Lipinski definition) is 3. The molecular weight excluding hydrogens is 332 g/mol. The summed E-state index contributed by atoms with van der Waals surface area (Å²) in [4.78, 5) is 11.9. The molecule has 130 valence electrons. The largest absolute Gasteiger partial charge is 0.506 e. The van der Waals surface area contributed by atoms with E-state index in [9.17, 15) is 9.90 Å². The summed E-state index contributed by atoms with van der Waals surface area (Å²) in [5.74, 6) is 0.125. The van der Waals surface area contributed by atoms with Gasteiger partial charge in [-0.2, -0.15) is 0 Å². The van der Waals surface area contributed by atoms with E-state index in [4.69, 9.17) is 12.2 Å². The normalized spacial score (nSPS) is 11.9. The monoisotopic (exact) mass is 354 g/mol. The molecule has 0 unspecified atom stereocenters. The molecule has 2 aromatic rings. The van der Waals surface area contributed by atoms with Crippen LogP contribution in [0.5, 0.6) is 5.75 Å². The SMILES string of the molecule is CC[C@H](C)c1ccc(O)c(NC(=S)NC(=O)/C=C/c2ccccc2)c1. The number of phenols is 1. The van der Waals surface area contributed by atoms with E-state index in [-0.39, 0.29) is 16.8 Å². The summed E-state index contributed by atoms with van der Waals surface area (Å²) < 4.78 is 0. The van der Waals surface area contributed by atoms with Crippen molar-refractivity contribution in [3.05, 3.63) is 65.7 Å². The highest BCUT2D eigenvalue weighted by atomic mass is 32.1. The molecule has 2 aromatic carbocycles. The van der Waals surface area contributed by atoms with Crippen LogP contribution in [0.15, 0.2) is 54.6 Å². The second-order valence-corrected chi connectivity index (χ2v) is 6.18. The molecule has 0 aromatic heterocycles. The third kappa shape index (κ3) is 5.72. The summed E-state index contributed by atoms with van der Waals surface area (Å²) in [5, 5.41) is 15.6. The van der Waals surface area contributed by atoms with Crippen LogP contribution in [0.4, 0.5) is 5.69 Å². The molecule has 1 amide bonds. The van der Waals surface area contributed by atoms with Gasteiger partial charge in [-0.3, -0.25) is 10.1 Å². The highest BCUT2D eigenvalue weighted by Gasteiger charge is 2.09. The molecule has 0 saturated carbocycles. The summed E-state index contributed by atoms with van der Waals surface area (Å²) in [6, 6.07) is 14.9. The minimum atomic E-state index is -0.334. The Morgan fingerprint density at radius 2 is 1.96 bits per heavy atom. The maximum Gasteiger partial charge on any atom is 0.250 e. The van der Waals surface area contributed by atoms with Crippen molar-refractivity contribution in [3.63, 3.8) is 0 Å². The molecule has 0 saturated heterocycles. The van der Waals surface area contributed by atoms with Gasteiger partial charge in [-0.25, -0.2) is 0 Å². The highest BCUT2D eigenvalue weighted by Crippen LogP contribution is 2.28. The molecule has 0 bridgehead atoms. The van der Waals surface area contributed by atoms with Crippen molar-refractivity contribution >= 4 is 35.0 Å². The number of rotatable bonds is 5. The maximum atomic E-state index is 11.9. The molecule has 0 fully saturated rings. The number of amides is 1. The van der Waals surface area contributed by atoms with Gasteiger partial charge in [-0.05, 0) is 53.9 Å². The molecule has 2 rings (SSSR count). The van der Waals surface area contributed by atoms with Crippen LogP contribution in [0.1, 0.15) is 37.3 Å². The quantitative estimate of drug-likeness (QED) is 0.422. The van der Waals surface area contributed by atoms with Gasteiger partial charge < -0.3 is 10.4 Å². The van der Waals surface area contributed by atoms with E-state index in [1.807, 2.05) is 42.5 Å². The Bertz CT molecular complexity index is 773. The van der Waals surface area contributed by atoms with E-state index in [0.29, 0.717) is 11.6 Å². The number of carbonyl (C=O) groups is 1. The molecule has 5 heteroatoms. The zero-order chi connectivity index (χ0) is 18.2. The minimum absolute atomic E-state index is 0.0866. The van der Waals surface area contributed by atoms with Crippen LogP contribution in [-0.2, 0) is 4.79 Å². The average molecular weight is 354 g/mol. The second kappa shape index (κ2) is 8.99. The van der Waals surface area contributed by atoms with Crippen molar-refractivity contribution in [1.82, 2.24) is 5.32 Å². The molecule has 0 aliphatic carbocycles. The standard InChI is InChI=1S/C20H22N2O2S/c1-3-14(2)16-10-11-18(23)17(13-16)21-20(25)22-19(24)12-9-15-7-5-4-6-8-15/h4-14,23H,3H2,1-2H3,(H2,21,22,24,25)/b12-9+/t14-/m0/s1. The second-order valence-electron chi connectivity index (χ2n) is 5.77. The van der Waals surface area contributed by atoms with Crippen molar-refractivity contribution in [1.29, 1.82) is 0 Å². The van der Waals surface area contributed by atoms with Crippen LogP contribution >= 0.6 is 12.2 Å². The number of benzene rings is 2. The van der Waals surface area contributed by atoms with Crippen LogP contribution in [0, 0.1) is 0 Å². The van der Waals surface area contributed by atoms with Crippen LogP contribution in [0.25, 0.3) is 6.08 Å². The topological polar surface area (TPSA) is 61.4 Å². The third-order valence-corrected chi connectivity index (χ3v) is 4.12. The molecule has 3 N–H and O–H groups in total. The summed E-state index contributed by atoms with van der Waals surface area (Å²) >= 11 is 5.15. The number of anilines is 1. The Labute approximate surface area is 153 Å². The van der Waals surface area contributed by atoms with E-state index < -0.39 is 0 Å². The summed E-state index contributed by atoms with van der Waals surface area (Å²) in [7, 11) is 0. The fourth-order valence-corrected chi connectivity index (χ4v) is 2.45. The van der Waals surface area contributed by atoms with Crippen LogP contribution < -0.4 is 10.6 Å². The van der Waals surface area contributed by atoms with E-state index >= 15 is 0 Å². The van der Waals surface area contributed by atoms with E-state index in [1.165, 1.54) is 6.08 Å². The van der Waals surface area contributed by atoms with Gasteiger partial charge in [-0.1, -0.05) is 50.2 Å². The van der Waals surface area contributed by atoms with Gasteiger partial charge in [-0.15, -0.1) is 0 Å². The van der Waals surface area contributed by atoms with E-state index in [0.717, 1.165) is 17.5 Å². The highest BCUT2D eigenvalue weighted by molar-refractivity contribution is 7.80. The first-order chi connectivity index (χ1) is 12.0. The van der Waals surface area contributed by atoms with Gasteiger partial charge in [0.15, 0.2) is 5.11 Å². The Kier molecular flexibility index (Phi) is 6.71. The molecule has 0 radical (unpaired) electrons. The fraction of sp³-hybridized carbons (Fsp3) is 0.200. The summed E-state index contributed by atoms with van der Waals surface area (Å²) in [6.07, 6.45) is 4.12. The van der Waals surface area contributed by atoms with Gasteiger partial charge in [0.1, 0.15) is 5.75 Å². The van der Waals surface area contributed by atoms with Crippen molar-refractivity contribution in [2.75, 3.05) is 5.32 Å². The van der Waals surface area contributed by atoms with Crippen LogP contribution in [0.3, 0.4) is 0 Å². The van der Waals surface area contributed by atoms with Crippen molar-refractivity contribution in [2.45, 2.75) is 26.2 Å². The molecule has 0 aliphatic rings. The first-order valence-electron chi connectivity index (χ1n) is 8.17. The lowest BCUT2D eigenvalue weighted by Crippen LogP contribution is -2.32. The molecule has 0 heterocycles. The van der Waals surface area contributed by atoms with E-state index in [1.54, 1.807) is 12.1 Å². The Hall–Kier alpha value is -2.66. The predicted octanol–water partition coefficient (Wildman–Crippen LogP) is 4.43. The van der Waals surface area contributed by atoms with Gasteiger partial charge in [0.2, 0.25) is 5.91 Å². The number of carbonyl (C=O) groups excluding carboxylic acids is 1. The van der Waals surface area contributed by atoms with Crippen LogP contribution in [0.2, 0.25) is 0 Å². The Morgan fingerprint density at radius 1 is 1.24 bits per heavy atom. The Morgan fingerprint density at radius 3 is 2.64 bits per heavy atom. The molecule has 1 atom stereocenters. The minimum Gasteiger partial charge on any atom is -0.506 e. The first kappa shape index (κ1) is 18.7. The Balaban J connectivity index is 1.98. The summed E-state index contributed by atoms with van der Waals surface area (Å²) in [6.45, 7) is 4.22. The molecule has 25 heavy (non-hydrogen) atoms. The average Bonchev–Trinajstić information content (AvgIpc) is 2.62. The third-order valence-electron chi connectivity index (χ3n) is 3.91. The zero-order valence-corrected chi connectivity index (χ0v) is 15.1. The first-order valence-corrected chi connectivity index (χ1v) is 8.58. The lowest BCUT2D eigenvalue weighted by molar-refractivity contribution is -0.115. The number of nitrogens with one attached hydrogen (secondary N) is 2. The zero-order valence-electron chi connectivity index (χ0n) is 14.3. The fourth-order valence-electron chi connectivity index (χ4n) is 2.24. The summed E-state index contributed by atoms with van der Waals surface area (Å²) in [5.41, 5.74) is 2.51. The lowest BCUT2D eigenvalue weighted by Gasteiger charge is -2.14. The van der Waals surface area contributed by atoms with Crippen LogP contribution in [-0.4, -0.2) is 16.1 Å². The molecule has 0 spiro atoms. The number of aromatic hydroxyl groups is 1. The number of phenolic OH excluding ortho intramolecular Hbond substituents is 1.